The molecule has 0 bridgehead atoms. The van der Waals surface area contributed by atoms with Crippen molar-refractivity contribution in [3.63, 3.8) is 0 Å². The van der Waals surface area contributed by atoms with E-state index >= 15 is 0 Å². The van der Waals surface area contributed by atoms with Crippen LogP contribution in [-0.2, 0) is 16.6 Å². The van der Waals surface area contributed by atoms with Gasteiger partial charge in [0.05, 0.1) is 21.8 Å². The normalized spacial score (nSPS) is 20.7. The number of piperidine rings is 1. The van der Waals surface area contributed by atoms with Crippen LogP contribution in [0.2, 0.25) is 0 Å². The number of carbonyl (C=O) groups excluding carboxylic acids is 1. The summed E-state index contributed by atoms with van der Waals surface area (Å²) in [6, 6.07) is 6.33. The molecule has 1 N–H and O–H groups in total. The summed E-state index contributed by atoms with van der Waals surface area (Å²) in [6.45, 7) is 8.04. The monoisotopic (exact) mass is 596 g/mol. The highest BCUT2D eigenvalue weighted by Gasteiger charge is 2.41. The van der Waals surface area contributed by atoms with Gasteiger partial charge in [0.25, 0.3) is 5.91 Å². The summed E-state index contributed by atoms with van der Waals surface area (Å²) >= 11 is 3.66. The minimum Gasteiger partial charge on any atom is -0.489 e. The summed E-state index contributed by atoms with van der Waals surface area (Å²) in [5, 5.41) is 10.4. The van der Waals surface area contributed by atoms with Crippen molar-refractivity contribution in [3.8, 4) is 5.75 Å². The van der Waals surface area contributed by atoms with E-state index in [9.17, 15) is 18.3 Å². The first-order valence-electron chi connectivity index (χ1n) is 13.3. The number of aliphatic hydroxyl groups excluding tert-OH is 1. The van der Waals surface area contributed by atoms with Crippen molar-refractivity contribution in [1.29, 1.82) is 0 Å². The molecule has 5 rings (SSSR count). The number of fused-ring (bicyclic) bond motifs is 1. The summed E-state index contributed by atoms with van der Waals surface area (Å²) in [5.74, 6) is 0.613. The Bertz CT molecular complexity index is 1240. The maximum absolute atomic E-state index is 13.5. The molecule has 0 radical (unpaired) electrons. The van der Waals surface area contributed by atoms with Crippen LogP contribution in [-0.4, -0.2) is 101 Å². The zero-order valence-corrected chi connectivity index (χ0v) is 24.0. The van der Waals surface area contributed by atoms with Crippen LogP contribution in [0.4, 0.5) is 0 Å². The van der Waals surface area contributed by atoms with Gasteiger partial charge in [-0.3, -0.25) is 4.79 Å². The molecule has 3 fully saturated rings. The predicted molar refractivity (Wildman–Crippen MR) is 147 cm³/mol. The zero-order chi connectivity index (χ0) is 26.3. The van der Waals surface area contributed by atoms with Crippen molar-refractivity contribution < 1.29 is 23.1 Å². The van der Waals surface area contributed by atoms with Crippen LogP contribution in [0.25, 0.3) is 10.9 Å². The molecule has 204 valence electrons. The minimum atomic E-state index is -3.23. The molecule has 3 heterocycles. The fraction of sp³-hybridized carbons (Fsp3) is 0.654. The topological polar surface area (TPSA) is 95.3 Å². The summed E-state index contributed by atoms with van der Waals surface area (Å²) in [4.78, 5) is 17.7. The molecule has 2 aliphatic heterocycles. The molecule has 0 unspecified atom stereocenters. The van der Waals surface area contributed by atoms with Crippen LogP contribution in [0.1, 0.15) is 50.0 Å². The third-order valence-electron chi connectivity index (χ3n) is 7.83. The van der Waals surface area contributed by atoms with Gasteiger partial charge in [-0.15, -0.1) is 0 Å². The second-order valence-corrected chi connectivity index (χ2v) is 13.7. The molecular formula is C26H37BrN4O5S. The Morgan fingerprint density at radius 3 is 2.32 bits per heavy atom. The van der Waals surface area contributed by atoms with Crippen molar-refractivity contribution in [1.82, 2.24) is 18.7 Å². The Kier molecular flexibility index (Phi) is 7.89. The number of carbonyl (C=O) groups is 1. The van der Waals surface area contributed by atoms with Gasteiger partial charge >= 0.3 is 0 Å². The maximum Gasteiger partial charge on any atom is 0.270 e. The highest BCUT2D eigenvalue weighted by molar-refractivity contribution is 9.10. The third-order valence-corrected chi connectivity index (χ3v) is 10.8. The molecule has 37 heavy (non-hydrogen) atoms. The molecule has 0 atom stereocenters. The number of piperazine rings is 1. The molecule has 1 aromatic carbocycles. The highest BCUT2D eigenvalue weighted by Crippen LogP contribution is 2.35. The lowest BCUT2D eigenvalue weighted by Gasteiger charge is -2.34. The summed E-state index contributed by atoms with van der Waals surface area (Å²) < 4.78 is 35.7. The van der Waals surface area contributed by atoms with Gasteiger partial charge in [-0.05, 0) is 73.7 Å². The molecule has 2 aromatic rings. The Balaban J connectivity index is 1.33. The van der Waals surface area contributed by atoms with E-state index in [0.717, 1.165) is 59.9 Å². The van der Waals surface area contributed by atoms with Gasteiger partial charge in [-0.2, -0.15) is 4.31 Å². The number of rotatable bonds is 8. The average molecular weight is 598 g/mol. The van der Waals surface area contributed by atoms with E-state index in [-0.39, 0.29) is 23.9 Å². The third kappa shape index (κ3) is 5.56. The van der Waals surface area contributed by atoms with Gasteiger partial charge in [-0.25, -0.2) is 8.42 Å². The highest BCUT2D eigenvalue weighted by atomic mass is 79.9. The number of halogens is 1. The molecule has 11 heteroatoms. The fourth-order valence-corrected chi connectivity index (χ4v) is 7.70. The molecule has 1 aliphatic carbocycles. The first-order valence-corrected chi connectivity index (χ1v) is 15.6. The largest absolute Gasteiger partial charge is 0.489 e. The van der Waals surface area contributed by atoms with Crippen molar-refractivity contribution >= 4 is 42.8 Å². The van der Waals surface area contributed by atoms with Crippen LogP contribution in [0, 0.1) is 0 Å². The second-order valence-electron chi connectivity index (χ2n) is 10.6. The van der Waals surface area contributed by atoms with Crippen molar-refractivity contribution in [2.24, 2.45) is 0 Å². The Morgan fingerprint density at radius 1 is 1.05 bits per heavy atom. The van der Waals surface area contributed by atoms with E-state index in [1.54, 1.807) is 4.90 Å². The van der Waals surface area contributed by atoms with E-state index < -0.39 is 10.0 Å². The number of hydrogen-bond acceptors (Lipinski definition) is 6. The van der Waals surface area contributed by atoms with E-state index in [2.05, 4.69) is 34.7 Å². The van der Waals surface area contributed by atoms with Gasteiger partial charge in [0.1, 0.15) is 17.5 Å². The van der Waals surface area contributed by atoms with Gasteiger partial charge in [-0.1, -0.05) is 0 Å². The Hall–Kier alpha value is -1.66. The lowest BCUT2D eigenvalue weighted by molar-refractivity contribution is 0.0686. The molecule has 1 saturated carbocycles. The second kappa shape index (κ2) is 10.8. The Labute approximate surface area is 227 Å². The lowest BCUT2D eigenvalue weighted by atomic mass is 10.1. The number of benzene rings is 1. The van der Waals surface area contributed by atoms with E-state index in [1.165, 1.54) is 4.31 Å². The smallest absolute Gasteiger partial charge is 0.270 e. The number of likely N-dealkylation sites (tertiary alicyclic amines) is 1. The van der Waals surface area contributed by atoms with Crippen LogP contribution < -0.4 is 4.74 Å². The van der Waals surface area contributed by atoms with Gasteiger partial charge in [0, 0.05) is 57.2 Å². The maximum atomic E-state index is 13.5. The molecular weight excluding hydrogens is 560 g/mol. The first kappa shape index (κ1) is 26.9. The first-order chi connectivity index (χ1) is 17.7. The van der Waals surface area contributed by atoms with E-state index in [1.807, 2.05) is 22.8 Å². The number of nitrogens with zero attached hydrogens (tertiary/aromatic N) is 4. The van der Waals surface area contributed by atoms with E-state index in [4.69, 9.17) is 4.74 Å². The quantitative estimate of drug-likeness (QED) is 0.503. The molecule has 2 saturated heterocycles. The van der Waals surface area contributed by atoms with Crippen LogP contribution in [0.15, 0.2) is 22.7 Å². The summed E-state index contributed by atoms with van der Waals surface area (Å²) in [6.07, 6.45) is 3.57. The van der Waals surface area contributed by atoms with Crippen LogP contribution in [0.5, 0.6) is 5.75 Å². The predicted octanol–water partition coefficient (Wildman–Crippen LogP) is 2.90. The van der Waals surface area contributed by atoms with Gasteiger partial charge < -0.3 is 24.2 Å². The van der Waals surface area contributed by atoms with Crippen molar-refractivity contribution in [2.45, 2.75) is 63.5 Å². The lowest BCUT2D eigenvalue weighted by Crippen LogP contribution is -2.51. The number of sulfonamides is 1. The van der Waals surface area contributed by atoms with Crippen LogP contribution in [0.3, 0.4) is 0 Å². The van der Waals surface area contributed by atoms with E-state index in [0.29, 0.717) is 44.5 Å². The standard InChI is InChI=1S/C26H37BrN4O5S/c1-18(2)28-7-5-20(6-8-28)36-25-16-19-15-24(31(13-14-32)23(19)17-22(25)27)26(33)29-9-11-30(12-10-29)37(34,35)21-3-4-21/h15-18,20-21,32H,3-14H2,1-2H3. The SMILES string of the molecule is CC(C)N1CCC(Oc2cc3cc(C(=O)N4CCN(S(=O)(=O)C5CC5)CC4)n(CCO)c3cc2Br)CC1. The zero-order valence-electron chi connectivity index (χ0n) is 21.6. The Morgan fingerprint density at radius 2 is 1.73 bits per heavy atom. The van der Waals surface area contributed by atoms with Crippen molar-refractivity contribution in [3.05, 3.63) is 28.4 Å². The van der Waals surface area contributed by atoms with Gasteiger partial charge in [0.2, 0.25) is 10.0 Å². The number of ether oxygens (including phenoxy) is 1. The van der Waals surface area contributed by atoms with Crippen molar-refractivity contribution in [2.75, 3.05) is 45.9 Å². The number of aromatic nitrogens is 1. The number of hydrogen-bond donors (Lipinski definition) is 1. The molecule has 9 nitrogen and oxygen atoms in total. The van der Waals surface area contributed by atoms with Crippen LogP contribution >= 0.6 is 15.9 Å². The summed E-state index contributed by atoms with van der Waals surface area (Å²) in [5.41, 5.74) is 1.35. The summed E-state index contributed by atoms with van der Waals surface area (Å²) in [7, 11) is -3.23. The molecule has 1 aromatic heterocycles. The number of amides is 1. The number of aliphatic hydroxyl groups is 1. The fourth-order valence-electron chi connectivity index (χ4n) is 5.45. The molecule has 3 aliphatic rings. The van der Waals surface area contributed by atoms with Gasteiger partial charge in [0.15, 0.2) is 0 Å². The minimum absolute atomic E-state index is 0.0955. The average Bonchev–Trinajstić information content (AvgIpc) is 3.69. The molecule has 0 spiro atoms. The molecule has 1 amide bonds.